The summed E-state index contributed by atoms with van der Waals surface area (Å²) in [6.45, 7) is 3.78. The average molecular weight is 287 g/mol. The summed E-state index contributed by atoms with van der Waals surface area (Å²) in [6.07, 6.45) is 3.09. The van der Waals surface area contributed by atoms with Crippen molar-refractivity contribution in [1.82, 2.24) is 15.3 Å². The number of halogens is 1. The first-order valence-corrected chi connectivity index (χ1v) is 7.10. The Morgan fingerprint density at radius 3 is 2.71 bits per heavy atom. The van der Waals surface area contributed by atoms with Gasteiger partial charge >= 0.3 is 0 Å². The lowest BCUT2D eigenvalue weighted by Crippen LogP contribution is -2.37. The van der Waals surface area contributed by atoms with Gasteiger partial charge in [0.15, 0.2) is 0 Å². The first kappa shape index (κ1) is 13.8. The molecule has 4 nitrogen and oxygen atoms in total. The molecule has 1 aromatic carbocycles. The number of nitrogens with zero attached hydrogens (tertiary/aromatic N) is 1. The number of carbonyl (C=O) groups excluding carboxylic acids is 1. The number of carbonyl (C=O) groups is 1. The molecule has 2 N–H and O–H groups in total. The van der Waals surface area contributed by atoms with Crippen LogP contribution in [0.2, 0.25) is 0 Å². The molecule has 0 spiro atoms. The van der Waals surface area contributed by atoms with E-state index < -0.39 is 5.41 Å². The smallest absolute Gasteiger partial charge is 0.231 e. The van der Waals surface area contributed by atoms with Gasteiger partial charge in [-0.05, 0) is 32.8 Å². The van der Waals surface area contributed by atoms with E-state index in [1.807, 2.05) is 13.8 Å². The van der Waals surface area contributed by atoms with Crippen molar-refractivity contribution in [3.05, 3.63) is 53.4 Å². The summed E-state index contributed by atoms with van der Waals surface area (Å²) < 4.78 is 14.0. The maximum absolute atomic E-state index is 14.0. The maximum atomic E-state index is 14.0. The number of nitrogens with one attached hydrogen (secondary N) is 2. The fraction of sp³-hybridized carbons (Fsp3) is 0.375. The summed E-state index contributed by atoms with van der Waals surface area (Å²) in [5.41, 5.74) is 0.730. The molecule has 0 bridgehead atoms. The van der Waals surface area contributed by atoms with Crippen LogP contribution in [0.5, 0.6) is 0 Å². The van der Waals surface area contributed by atoms with E-state index in [-0.39, 0.29) is 17.8 Å². The highest BCUT2D eigenvalue weighted by Crippen LogP contribution is 2.49. The van der Waals surface area contributed by atoms with E-state index in [1.54, 1.807) is 24.4 Å². The Bertz CT molecular complexity index is 676. The van der Waals surface area contributed by atoms with Crippen molar-refractivity contribution < 1.29 is 9.18 Å². The van der Waals surface area contributed by atoms with Gasteiger partial charge in [-0.1, -0.05) is 18.2 Å². The lowest BCUT2D eigenvalue weighted by Gasteiger charge is -2.19. The summed E-state index contributed by atoms with van der Waals surface area (Å²) in [4.78, 5) is 19.9. The molecular weight excluding hydrogens is 269 g/mol. The normalized spacial score (nSPS) is 17.3. The highest BCUT2D eigenvalue weighted by atomic mass is 19.1. The van der Waals surface area contributed by atoms with Crippen LogP contribution in [0.25, 0.3) is 0 Å². The zero-order valence-corrected chi connectivity index (χ0v) is 12.1. The maximum Gasteiger partial charge on any atom is 0.231 e. The van der Waals surface area contributed by atoms with Gasteiger partial charge in [-0.3, -0.25) is 4.79 Å². The van der Waals surface area contributed by atoms with E-state index in [0.717, 1.165) is 5.69 Å². The molecule has 5 heteroatoms. The molecule has 0 saturated heterocycles. The molecular formula is C16H18FN3O. The first-order chi connectivity index (χ1) is 10.0. The Hall–Kier alpha value is -2.17. The van der Waals surface area contributed by atoms with Crippen LogP contribution in [0.15, 0.2) is 30.5 Å². The van der Waals surface area contributed by atoms with Gasteiger partial charge in [-0.25, -0.2) is 9.37 Å². The molecule has 1 fully saturated rings. The minimum atomic E-state index is -0.707. The second-order valence-electron chi connectivity index (χ2n) is 5.71. The van der Waals surface area contributed by atoms with E-state index in [1.165, 1.54) is 6.07 Å². The molecule has 21 heavy (non-hydrogen) atoms. The van der Waals surface area contributed by atoms with Crippen molar-refractivity contribution in [3.63, 3.8) is 0 Å². The third-order valence-electron chi connectivity index (χ3n) is 4.05. The van der Waals surface area contributed by atoms with Gasteiger partial charge < -0.3 is 10.3 Å². The quantitative estimate of drug-likeness (QED) is 0.908. The van der Waals surface area contributed by atoms with E-state index in [4.69, 9.17) is 0 Å². The molecule has 2 aromatic rings. The van der Waals surface area contributed by atoms with Gasteiger partial charge in [0.05, 0.1) is 11.5 Å². The first-order valence-electron chi connectivity index (χ1n) is 7.10. The van der Waals surface area contributed by atoms with E-state index in [0.29, 0.717) is 24.2 Å². The van der Waals surface area contributed by atoms with E-state index in [9.17, 15) is 9.18 Å². The number of hydrogen-bond donors (Lipinski definition) is 2. The second kappa shape index (κ2) is 4.98. The standard InChI is InChI=1S/C16H18FN3O/c1-10-9-18-14(19-10)11(2)20-15(21)16(7-8-16)12-5-3-4-6-13(12)17/h3-6,9,11H,7-8H2,1-2H3,(H,18,19)(H,20,21)/t11-/m0/s1. The summed E-state index contributed by atoms with van der Waals surface area (Å²) >= 11 is 0. The number of amides is 1. The zero-order chi connectivity index (χ0) is 15.0. The van der Waals surface area contributed by atoms with Crippen molar-refractivity contribution in [2.45, 2.75) is 38.1 Å². The lowest BCUT2D eigenvalue weighted by molar-refractivity contribution is -0.124. The van der Waals surface area contributed by atoms with Crippen LogP contribution in [-0.4, -0.2) is 15.9 Å². The van der Waals surface area contributed by atoms with Crippen LogP contribution in [0.3, 0.4) is 0 Å². The number of aromatic amines is 1. The van der Waals surface area contributed by atoms with Crippen LogP contribution in [0.1, 0.15) is 42.9 Å². The van der Waals surface area contributed by atoms with Gasteiger partial charge in [-0.2, -0.15) is 0 Å². The fourth-order valence-electron chi connectivity index (χ4n) is 2.65. The Balaban J connectivity index is 1.78. The van der Waals surface area contributed by atoms with Gasteiger partial charge in [0.1, 0.15) is 11.6 Å². The second-order valence-corrected chi connectivity index (χ2v) is 5.71. The minimum absolute atomic E-state index is 0.130. The monoisotopic (exact) mass is 287 g/mol. The zero-order valence-electron chi connectivity index (χ0n) is 12.1. The van der Waals surface area contributed by atoms with Gasteiger partial charge in [0.2, 0.25) is 5.91 Å². The Morgan fingerprint density at radius 2 is 2.14 bits per heavy atom. The molecule has 0 radical (unpaired) electrons. The van der Waals surface area contributed by atoms with E-state index in [2.05, 4.69) is 15.3 Å². The average Bonchev–Trinajstić information content (AvgIpc) is 3.15. The molecule has 3 rings (SSSR count). The topological polar surface area (TPSA) is 57.8 Å². The van der Waals surface area contributed by atoms with Crippen molar-refractivity contribution in [3.8, 4) is 0 Å². The number of rotatable bonds is 4. The summed E-state index contributed by atoms with van der Waals surface area (Å²) in [5.74, 6) is 0.269. The van der Waals surface area contributed by atoms with Gasteiger partial charge in [-0.15, -0.1) is 0 Å². The molecule has 1 aromatic heterocycles. The number of benzene rings is 1. The summed E-state index contributed by atoms with van der Waals surface area (Å²) in [6, 6.07) is 6.29. The molecule has 1 heterocycles. The Morgan fingerprint density at radius 1 is 1.43 bits per heavy atom. The lowest BCUT2D eigenvalue weighted by atomic mass is 9.94. The summed E-state index contributed by atoms with van der Waals surface area (Å²) in [7, 11) is 0. The number of imidazole rings is 1. The number of H-pyrrole nitrogens is 1. The number of hydrogen-bond acceptors (Lipinski definition) is 2. The third-order valence-corrected chi connectivity index (χ3v) is 4.05. The van der Waals surface area contributed by atoms with Gasteiger partial charge in [0, 0.05) is 17.5 Å². The molecule has 110 valence electrons. The molecule has 0 aliphatic heterocycles. The SMILES string of the molecule is Cc1cnc([C@H](C)NC(=O)C2(c3ccccc3F)CC2)[nH]1. The van der Waals surface area contributed by atoms with Crippen LogP contribution in [0.4, 0.5) is 4.39 Å². The minimum Gasteiger partial charge on any atom is -0.346 e. The largest absolute Gasteiger partial charge is 0.346 e. The van der Waals surface area contributed by atoms with Crippen LogP contribution < -0.4 is 5.32 Å². The molecule has 1 aliphatic rings. The predicted octanol–water partition coefficient (Wildman–Crippen LogP) is 2.77. The van der Waals surface area contributed by atoms with Crippen LogP contribution >= 0.6 is 0 Å². The third kappa shape index (κ3) is 2.44. The Labute approximate surface area is 122 Å². The number of aromatic nitrogens is 2. The van der Waals surface area contributed by atoms with Crippen molar-refractivity contribution in [2.24, 2.45) is 0 Å². The molecule has 1 atom stereocenters. The van der Waals surface area contributed by atoms with Crippen molar-refractivity contribution >= 4 is 5.91 Å². The fourth-order valence-corrected chi connectivity index (χ4v) is 2.65. The molecule has 1 saturated carbocycles. The highest BCUT2D eigenvalue weighted by molar-refractivity contribution is 5.91. The van der Waals surface area contributed by atoms with Crippen LogP contribution in [-0.2, 0) is 10.2 Å². The van der Waals surface area contributed by atoms with Crippen LogP contribution in [0, 0.1) is 12.7 Å². The van der Waals surface area contributed by atoms with Gasteiger partial charge in [0.25, 0.3) is 0 Å². The van der Waals surface area contributed by atoms with Crippen molar-refractivity contribution in [1.29, 1.82) is 0 Å². The molecule has 1 aliphatic carbocycles. The summed E-state index contributed by atoms with van der Waals surface area (Å²) in [5, 5.41) is 2.94. The number of aryl methyl sites for hydroxylation is 1. The molecule has 0 unspecified atom stereocenters. The molecule has 1 amide bonds. The van der Waals surface area contributed by atoms with Crippen molar-refractivity contribution in [2.75, 3.05) is 0 Å². The van der Waals surface area contributed by atoms with E-state index >= 15 is 0 Å². The highest BCUT2D eigenvalue weighted by Gasteiger charge is 2.52. The Kier molecular flexibility index (Phi) is 3.27. The predicted molar refractivity (Wildman–Crippen MR) is 77.2 cm³/mol.